The molecule has 1 fully saturated rings. The van der Waals surface area contributed by atoms with Crippen molar-refractivity contribution in [1.82, 2.24) is 4.90 Å². The number of para-hydroxylation sites is 1. The molecule has 6 heteroatoms. The van der Waals surface area contributed by atoms with Crippen molar-refractivity contribution in [3.63, 3.8) is 0 Å². The number of β-amino-alcohol motifs (C(OH)–C–C–N with tert-alkyl or cyclic N) is 1. The van der Waals surface area contributed by atoms with Gasteiger partial charge in [0.2, 0.25) is 0 Å². The first-order valence-corrected chi connectivity index (χ1v) is 9.50. The Morgan fingerprint density at radius 2 is 2.00 bits per heavy atom. The van der Waals surface area contributed by atoms with Crippen molar-refractivity contribution in [3.8, 4) is 5.75 Å². The van der Waals surface area contributed by atoms with Gasteiger partial charge in [-0.25, -0.2) is 0 Å². The van der Waals surface area contributed by atoms with E-state index < -0.39 is 6.10 Å². The molecule has 1 heterocycles. The molecule has 27 heavy (non-hydrogen) atoms. The van der Waals surface area contributed by atoms with Gasteiger partial charge in [-0.1, -0.05) is 41.9 Å². The van der Waals surface area contributed by atoms with Crippen LogP contribution in [0.5, 0.6) is 5.75 Å². The molecule has 0 spiro atoms. The summed E-state index contributed by atoms with van der Waals surface area (Å²) in [5, 5.41) is 11.1. The van der Waals surface area contributed by atoms with Gasteiger partial charge in [0.15, 0.2) is 0 Å². The summed E-state index contributed by atoms with van der Waals surface area (Å²) < 4.78 is 16.9. The smallest absolute Gasteiger partial charge is 0.124 e. The highest BCUT2D eigenvalue weighted by Gasteiger charge is 2.23. The Labute approximate surface area is 165 Å². The molecule has 1 aliphatic rings. The topological polar surface area (TPSA) is 51.2 Å². The van der Waals surface area contributed by atoms with E-state index in [1.165, 1.54) is 0 Å². The molecule has 1 saturated heterocycles. The summed E-state index contributed by atoms with van der Waals surface area (Å²) in [5.41, 5.74) is 2.08. The zero-order valence-electron chi connectivity index (χ0n) is 15.5. The SMILES string of the molecule is COc1ccccc1COCC(O)CN1CCOC(c2ccc(Cl)cc2)C1. The minimum Gasteiger partial charge on any atom is -0.496 e. The number of aliphatic hydroxyl groups excluding tert-OH is 1. The van der Waals surface area contributed by atoms with Crippen molar-refractivity contribution in [2.75, 3.05) is 40.0 Å². The van der Waals surface area contributed by atoms with Gasteiger partial charge in [0.25, 0.3) is 0 Å². The van der Waals surface area contributed by atoms with Gasteiger partial charge < -0.3 is 19.3 Å². The van der Waals surface area contributed by atoms with Crippen molar-refractivity contribution in [3.05, 3.63) is 64.7 Å². The van der Waals surface area contributed by atoms with Crippen LogP contribution in [0.1, 0.15) is 17.2 Å². The lowest BCUT2D eigenvalue weighted by molar-refractivity contribution is -0.0537. The Morgan fingerprint density at radius 3 is 2.78 bits per heavy atom. The van der Waals surface area contributed by atoms with Crippen LogP contribution in [0.4, 0.5) is 0 Å². The van der Waals surface area contributed by atoms with Gasteiger partial charge in [0, 0.05) is 30.2 Å². The summed E-state index contributed by atoms with van der Waals surface area (Å²) >= 11 is 5.95. The maximum Gasteiger partial charge on any atom is 0.124 e. The lowest BCUT2D eigenvalue weighted by atomic mass is 10.1. The molecule has 146 valence electrons. The Kier molecular flexibility index (Phi) is 7.50. The molecule has 1 aliphatic heterocycles. The van der Waals surface area contributed by atoms with E-state index in [4.69, 9.17) is 25.8 Å². The second kappa shape index (κ2) is 10.1. The molecule has 2 aromatic rings. The van der Waals surface area contributed by atoms with Gasteiger partial charge in [0.1, 0.15) is 5.75 Å². The summed E-state index contributed by atoms with van der Waals surface area (Å²) in [6, 6.07) is 15.5. The highest BCUT2D eigenvalue weighted by molar-refractivity contribution is 6.30. The number of aliphatic hydroxyl groups is 1. The number of hydrogen-bond acceptors (Lipinski definition) is 5. The first-order valence-electron chi connectivity index (χ1n) is 9.13. The molecule has 1 N–H and O–H groups in total. The fourth-order valence-electron chi connectivity index (χ4n) is 3.23. The highest BCUT2D eigenvalue weighted by Crippen LogP contribution is 2.24. The minimum atomic E-state index is -0.552. The Hall–Kier alpha value is -1.63. The van der Waals surface area contributed by atoms with Crippen molar-refractivity contribution >= 4 is 11.6 Å². The van der Waals surface area contributed by atoms with Crippen LogP contribution in [-0.4, -0.2) is 56.1 Å². The molecule has 0 aliphatic carbocycles. The third kappa shape index (κ3) is 5.92. The molecule has 2 unspecified atom stereocenters. The average molecular weight is 392 g/mol. The van der Waals surface area contributed by atoms with Crippen LogP contribution in [0.25, 0.3) is 0 Å². The van der Waals surface area contributed by atoms with E-state index in [2.05, 4.69) is 4.90 Å². The first-order chi connectivity index (χ1) is 13.2. The Morgan fingerprint density at radius 1 is 1.22 bits per heavy atom. The third-order valence-corrected chi connectivity index (χ3v) is 4.87. The molecule has 2 aromatic carbocycles. The summed E-state index contributed by atoms with van der Waals surface area (Å²) in [5.74, 6) is 0.797. The van der Waals surface area contributed by atoms with Gasteiger partial charge >= 0.3 is 0 Å². The van der Waals surface area contributed by atoms with Gasteiger partial charge in [-0.3, -0.25) is 4.90 Å². The van der Waals surface area contributed by atoms with Crippen LogP contribution >= 0.6 is 11.6 Å². The molecule has 2 atom stereocenters. The molecule has 0 amide bonds. The highest BCUT2D eigenvalue weighted by atomic mass is 35.5. The van der Waals surface area contributed by atoms with Crippen LogP contribution in [0.3, 0.4) is 0 Å². The maximum atomic E-state index is 10.3. The van der Waals surface area contributed by atoms with E-state index in [-0.39, 0.29) is 12.7 Å². The number of rotatable bonds is 8. The quantitative estimate of drug-likeness (QED) is 0.748. The van der Waals surface area contributed by atoms with Crippen molar-refractivity contribution in [1.29, 1.82) is 0 Å². The van der Waals surface area contributed by atoms with Crippen molar-refractivity contribution < 1.29 is 19.3 Å². The molecule has 0 aromatic heterocycles. The van der Waals surface area contributed by atoms with E-state index in [1.807, 2.05) is 48.5 Å². The van der Waals surface area contributed by atoms with Gasteiger partial charge in [0.05, 0.1) is 39.1 Å². The first kappa shape index (κ1) is 20.1. The summed E-state index contributed by atoms with van der Waals surface area (Å²) in [6.45, 7) is 3.43. The lowest BCUT2D eigenvalue weighted by Crippen LogP contribution is -2.43. The number of nitrogens with zero attached hydrogens (tertiary/aromatic N) is 1. The summed E-state index contributed by atoms with van der Waals surface area (Å²) in [7, 11) is 1.64. The van der Waals surface area contributed by atoms with Crippen molar-refractivity contribution in [2.45, 2.75) is 18.8 Å². The number of morpholine rings is 1. The normalized spacial score (nSPS) is 19.0. The minimum absolute atomic E-state index is 0.00212. The Balaban J connectivity index is 1.44. The fraction of sp³-hybridized carbons (Fsp3) is 0.429. The van der Waals surface area contributed by atoms with Crippen LogP contribution in [0.15, 0.2) is 48.5 Å². The number of hydrogen-bond donors (Lipinski definition) is 1. The zero-order chi connectivity index (χ0) is 19.1. The molecular weight excluding hydrogens is 366 g/mol. The Bertz CT molecular complexity index is 710. The predicted octanol–water partition coefficient (Wildman–Crippen LogP) is 3.30. The summed E-state index contributed by atoms with van der Waals surface area (Å²) in [6.07, 6.45) is -0.554. The third-order valence-electron chi connectivity index (χ3n) is 4.62. The largest absolute Gasteiger partial charge is 0.496 e. The van der Waals surface area contributed by atoms with Crippen LogP contribution in [0, 0.1) is 0 Å². The maximum absolute atomic E-state index is 10.3. The van der Waals surface area contributed by atoms with Gasteiger partial charge in [-0.2, -0.15) is 0 Å². The van der Waals surface area contributed by atoms with E-state index in [1.54, 1.807) is 7.11 Å². The summed E-state index contributed by atoms with van der Waals surface area (Å²) in [4.78, 5) is 2.21. The number of methoxy groups -OCH3 is 1. The number of halogens is 1. The molecule has 0 bridgehead atoms. The van der Waals surface area contributed by atoms with Crippen LogP contribution in [-0.2, 0) is 16.1 Å². The van der Waals surface area contributed by atoms with Gasteiger partial charge in [-0.05, 0) is 23.8 Å². The van der Waals surface area contributed by atoms with E-state index in [9.17, 15) is 5.11 Å². The molecule has 5 nitrogen and oxygen atoms in total. The monoisotopic (exact) mass is 391 g/mol. The average Bonchev–Trinajstić information content (AvgIpc) is 2.69. The molecule has 0 radical (unpaired) electrons. The van der Waals surface area contributed by atoms with E-state index >= 15 is 0 Å². The second-order valence-electron chi connectivity index (χ2n) is 6.65. The predicted molar refractivity (Wildman–Crippen MR) is 105 cm³/mol. The standard InChI is InChI=1S/C21H26ClNO4/c1-25-20-5-3-2-4-17(20)14-26-15-19(24)12-23-10-11-27-21(13-23)16-6-8-18(22)9-7-16/h2-9,19,21,24H,10-15H2,1H3. The fourth-order valence-corrected chi connectivity index (χ4v) is 3.35. The number of benzene rings is 2. The molecule has 0 saturated carbocycles. The van der Waals surface area contributed by atoms with Crippen LogP contribution in [0.2, 0.25) is 5.02 Å². The van der Waals surface area contributed by atoms with Crippen LogP contribution < -0.4 is 4.74 Å². The lowest BCUT2D eigenvalue weighted by Gasteiger charge is -2.34. The van der Waals surface area contributed by atoms with Crippen molar-refractivity contribution in [2.24, 2.45) is 0 Å². The van der Waals surface area contributed by atoms with E-state index in [0.29, 0.717) is 24.8 Å². The van der Waals surface area contributed by atoms with Gasteiger partial charge in [-0.15, -0.1) is 0 Å². The zero-order valence-corrected chi connectivity index (χ0v) is 16.3. The van der Waals surface area contributed by atoms with E-state index in [0.717, 1.165) is 30.0 Å². The molecular formula is C21H26ClNO4. The number of ether oxygens (including phenoxy) is 3. The molecule has 3 rings (SSSR count). The second-order valence-corrected chi connectivity index (χ2v) is 7.09.